The van der Waals surface area contributed by atoms with E-state index in [1.165, 1.54) is 18.4 Å². The molecule has 1 aliphatic carbocycles. The first-order valence-corrected chi connectivity index (χ1v) is 5.82. The lowest BCUT2D eigenvalue weighted by atomic mass is 9.68. The van der Waals surface area contributed by atoms with Crippen molar-refractivity contribution >= 4 is 0 Å². The van der Waals surface area contributed by atoms with E-state index in [0.29, 0.717) is 5.92 Å². The van der Waals surface area contributed by atoms with Crippen molar-refractivity contribution < 1.29 is 0 Å². The highest BCUT2D eigenvalue weighted by Gasteiger charge is 2.38. The lowest BCUT2D eigenvalue weighted by molar-refractivity contribution is 0.164. The van der Waals surface area contributed by atoms with Crippen molar-refractivity contribution in [2.45, 2.75) is 38.6 Å². The maximum absolute atomic E-state index is 6.55. The first kappa shape index (κ1) is 10.6. The minimum Gasteiger partial charge on any atom is -0.321 e. The molecule has 2 nitrogen and oxygen atoms in total. The zero-order valence-corrected chi connectivity index (χ0v) is 9.61. The summed E-state index contributed by atoms with van der Waals surface area (Å²) < 4.78 is 0. The van der Waals surface area contributed by atoms with E-state index in [9.17, 15) is 0 Å². The Kier molecular flexibility index (Phi) is 2.79. The van der Waals surface area contributed by atoms with Gasteiger partial charge >= 0.3 is 0 Å². The molecule has 15 heavy (non-hydrogen) atoms. The third-order valence-corrected chi connectivity index (χ3v) is 3.89. The summed E-state index contributed by atoms with van der Waals surface area (Å²) in [6, 6.07) is 4.09. The molecule has 2 rings (SSSR count). The summed E-state index contributed by atoms with van der Waals surface area (Å²) in [5.74, 6) is 1.36. The van der Waals surface area contributed by atoms with E-state index in [-0.39, 0.29) is 5.54 Å². The largest absolute Gasteiger partial charge is 0.321 e. The van der Waals surface area contributed by atoms with E-state index in [0.717, 1.165) is 12.3 Å². The van der Waals surface area contributed by atoms with Crippen molar-refractivity contribution in [1.29, 1.82) is 0 Å². The molecule has 1 fully saturated rings. The lowest BCUT2D eigenvalue weighted by Crippen LogP contribution is -2.46. The average Bonchev–Trinajstić information content (AvgIpc) is 2.25. The van der Waals surface area contributed by atoms with Crippen LogP contribution in [-0.2, 0) is 5.54 Å². The van der Waals surface area contributed by atoms with Gasteiger partial charge in [0.15, 0.2) is 0 Å². The summed E-state index contributed by atoms with van der Waals surface area (Å²) in [7, 11) is 0. The van der Waals surface area contributed by atoms with Gasteiger partial charge in [0.2, 0.25) is 0 Å². The molecule has 0 radical (unpaired) electrons. The maximum atomic E-state index is 6.55. The van der Waals surface area contributed by atoms with Gasteiger partial charge in [-0.05, 0) is 42.7 Å². The number of hydrogen-bond donors (Lipinski definition) is 1. The summed E-state index contributed by atoms with van der Waals surface area (Å²) >= 11 is 0. The Bertz CT molecular complexity index is 323. The van der Waals surface area contributed by atoms with Crippen molar-refractivity contribution in [3.8, 4) is 0 Å². The van der Waals surface area contributed by atoms with Gasteiger partial charge in [0.1, 0.15) is 0 Å². The van der Waals surface area contributed by atoms with Crippen molar-refractivity contribution in [2.24, 2.45) is 17.6 Å². The standard InChI is InChI=1S/C13H20N2/c1-10-5-6-13(14,11(2)8-10)12-4-3-7-15-9-12/h3-4,7,9-11H,5-6,8,14H2,1-2H3. The molecular formula is C13H20N2. The van der Waals surface area contributed by atoms with Gasteiger partial charge in [-0.25, -0.2) is 0 Å². The molecule has 1 heterocycles. The zero-order chi connectivity index (χ0) is 10.9. The highest BCUT2D eigenvalue weighted by atomic mass is 14.8. The second-order valence-corrected chi connectivity index (χ2v) is 5.06. The average molecular weight is 204 g/mol. The Labute approximate surface area is 91.9 Å². The second kappa shape index (κ2) is 3.93. The van der Waals surface area contributed by atoms with Crippen LogP contribution in [0.5, 0.6) is 0 Å². The van der Waals surface area contributed by atoms with Crippen molar-refractivity contribution in [3.63, 3.8) is 0 Å². The molecule has 0 aliphatic heterocycles. The fourth-order valence-corrected chi connectivity index (χ4v) is 2.73. The monoisotopic (exact) mass is 204 g/mol. The van der Waals surface area contributed by atoms with Gasteiger partial charge in [0.25, 0.3) is 0 Å². The zero-order valence-electron chi connectivity index (χ0n) is 9.61. The van der Waals surface area contributed by atoms with Crippen molar-refractivity contribution in [3.05, 3.63) is 30.1 Å². The van der Waals surface area contributed by atoms with E-state index in [4.69, 9.17) is 5.73 Å². The normalized spacial score (nSPS) is 36.5. The van der Waals surface area contributed by atoms with Crippen molar-refractivity contribution in [2.75, 3.05) is 0 Å². The smallest absolute Gasteiger partial charge is 0.0451 e. The SMILES string of the molecule is CC1CCC(N)(c2cccnc2)C(C)C1. The Balaban J connectivity index is 2.27. The summed E-state index contributed by atoms with van der Waals surface area (Å²) in [6.07, 6.45) is 7.28. The highest BCUT2D eigenvalue weighted by Crippen LogP contribution is 2.41. The first-order valence-electron chi connectivity index (χ1n) is 5.82. The lowest BCUT2D eigenvalue weighted by Gasteiger charge is -2.42. The van der Waals surface area contributed by atoms with Crippen molar-refractivity contribution in [1.82, 2.24) is 4.98 Å². The number of hydrogen-bond acceptors (Lipinski definition) is 2. The number of nitrogens with zero attached hydrogens (tertiary/aromatic N) is 1. The third kappa shape index (κ3) is 1.91. The van der Waals surface area contributed by atoms with Crippen LogP contribution in [0.1, 0.15) is 38.7 Å². The number of nitrogens with two attached hydrogens (primary N) is 1. The molecule has 1 aromatic heterocycles. The predicted molar refractivity (Wildman–Crippen MR) is 62.3 cm³/mol. The molecule has 0 spiro atoms. The van der Waals surface area contributed by atoms with E-state index in [1.807, 2.05) is 18.5 Å². The molecular weight excluding hydrogens is 184 g/mol. The highest BCUT2D eigenvalue weighted by molar-refractivity contribution is 5.22. The molecule has 3 atom stereocenters. The number of pyridine rings is 1. The Hall–Kier alpha value is -0.890. The molecule has 2 N–H and O–H groups in total. The van der Waals surface area contributed by atoms with Crippen LogP contribution in [0.25, 0.3) is 0 Å². The van der Waals surface area contributed by atoms with Gasteiger partial charge in [-0.3, -0.25) is 4.98 Å². The van der Waals surface area contributed by atoms with Crippen LogP contribution in [0.2, 0.25) is 0 Å². The van der Waals surface area contributed by atoms with E-state index in [2.05, 4.69) is 24.9 Å². The number of aromatic nitrogens is 1. The molecule has 2 heteroatoms. The van der Waals surface area contributed by atoms with Crippen LogP contribution in [0.4, 0.5) is 0 Å². The Morgan fingerprint density at radius 3 is 2.87 bits per heavy atom. The van der Waals surface area contributed by atoms with Gasteiger partial charge in [0.05, 0.1) is 0 Å². The molecule has 0 amide bonds. The fourth-order valence-electron chi connectivity index (χ4n) is 2.73. The van der Waals surface area contributed by atoms with E-state index < -0.39 is 0 Å². The van der Waals surface area contributed by atoms with Gasteiger partial charge in [-0.1, -0.05) is 19.9 Å². The molecule has 0 saturated heterocycles. The molecule has 1 saturated carbocycles. The van der Waals surface area contributed by atoms with E-state index in [1.54, 1.807) is 0 Å². The molecule has 1 aromatic rings. The minimum absolute atomic E-state index is 0.152. The fraction of sp³-hybridized carbons (Fsp3) is 0.615. The third-order valence-electron chi connectivity index (χ3n) is 3.89. The molecule has 1 aliphatic rings. The van der Waals surface area contributed by atoms with Crippen LogP contribution in [0, 0.1) is 11.8 Å². The summed E-state index contributed by atoms with van der Waals surface area (Å²) in [5.41, 5.74) is 7.59. The predicted octanol–water partition coefficient (Wildman–Crippen LogP) is 2.69. The van der Waals surface area contributed by atoms with Crippen LogP contribution in [-0.4, -0.2) is 4.98 Å². The number of rotatable bonds is 1. The molecule has 0 bridgehead atoms. The van der Waals surface area contributed by atoms with Gasteiger partial charge < -0.3 is 5.73 Å². The van der Waals surface area contributed by atoms with Crippen LogP contribution >= 0.6 is 0 Å². The van der Waals surface area contributed by atoms with Crippen LogP contribution < -0.4 is 5.73 Å². The summed E-state index contributed by atoms with van der Waals surface area (Å²) in [5, 5.41) is 0. The molecule has 82 valence electrons. The second-order valence-electron chi connectivity index (χ2n) is 5.06. The molecule has 3 unspecified atom stereocenters. The van der Waals surface area contributed by atoms with Gasteiger partial charge in [-0.2, -0.15) is 0 Å². The quantitative estimate of drug-likeness (QED) is 0.764. The van der Waals surface area contributed by atoms with Gasteiger partial charge in [0, 0.05) is 17.9 Å². The Morgan fingerprint density at radius 2 is 2.27 bits per heavy atom. The minimum atomic E-state index is -0.152. The van der Waals surface area contributed by atoms with Crippen LogP contribution in [0.15, 0.2) is 24.5 Å². The van der Waals surface area contributed by atoms with Crippen LogP contribution in [0.3, 0.4) is 0 Å². The summed E-state index contributed by atoms with van der Waals surface area (Å²) in [4.78, 5) is 4.18. The topological polar surface area (TPSA) is 38.9 Å². The van der Waals surface area contributed by atoms with Gasteiger partial charge in [-0.15, -0.1) is 0 Å². The Morgan fingerprint density at radius 1 is 1.47 bits per heavy atom. The maximum Gasteiger partial charge on any atom is 0.0451 e. The van der Waals surface area contributed by atoms with E-state index >= 15 is 0 Å². The molecule has 0 aromatic carbocycles. The summed E-state index contributed by atoms with van der Waals surface area (Å²) in [6.45, 7) is 4.59. The first-order chi connectivity index (χ1) is 7.13.